The third-order valence-corrected chi connectivity index (χ3v) is 6.88. The number of carbonyl (C=O) groups is 2. The zero-order valence-electron chi connectivity index (χ0n) is 22.8. The van der Waals surface area contributed by atoms with Crippen LogP contribution in [0.15, 0.2) is 76.2 Å². The summed E-state index contributed by atoms with van der Waals surface area (Å²) in [6.45, 7) is 11.2. The second-order valence-electron chi connectivity index (χ2n) is 8.70. The summed E-state index contributed by atoms with van der Waals surface area (Å²) in [5.74, 6) is 0.449. The van der Waals surface area contributed by atoms with Gasteiger partial charge in [0.1, 0.15) is 12.4 Å². The highest BCUT2D eigenvalue weighted by atomic mass is 32.1. The van der Waals surface area contributed by atoms with Crippen LogP contribution in [-0.4, -0.2) is 36.3 Å². The summed E-state index contributed by atoms with van der Waals surface area (Å²) >= 11 is 1.22. The predicted molar refractivity (Wildman–Crippen MR) is 151 cm³/mol. The summed E-state index contributed by atoms with van der Waals surface area (Å²) in [5.41, 5.74) is 1.81. The van der Waals surface area contributed by atoms with Crippen molar-refractivity contribution in [1.29, 1.82) is 0 Å². The lowest BCUT2D eigenvalue weighted by Crippen LogP contribution is -2.40. The van der Waals surface area contributed by atoms with E-state index in [2.05, 4.69) is 11.6 Å². The van der Waals surface area contributed by atoms with Gasteiger partial charge in [-0.25, -0.2) is 9.79 Å². The number of aromatic nitrogens is 1. The molecule has 1 aliphatic rings. The summed E-state index contributed by atoms with van der Waals surface area (Å²) in [4.78, 5) is 43.3. The Morgan fingerprint density at radius 2 is 1.82 bits per heavy atom. The molecule has 4 rings (SSSR count). The molecule has 0 N–H and O–H groups in total. The number of benzene rings is 2. The lowest BCUT2D eigenvalue weighted by Gasteiger charge is -2.25. The van der Waals surface area contributed by atoms with Crippen molar-refractivity contribution in [2.45, 2.75) is 33.7 Å². The normalized spacial score (nSPS) is 14.7. The largest absolute Gasteiger partial charge is 0.490 e. The molecule has 0 saturated heterocycles. The summed E-state index contributed by atoms with van der Waals surface area (Å²) in [6, 6.07) is 11.3. The van der Waals surface area contributed by atoms with Gasteiger partial charge in [0.25, 0.3) is 5.56 Å². The van der Waals surface area contributed by atoms with Crippen molar-refractivity contribution in [2.24, 2.45) is 4.99 Å². The third kappa shape index (κ3) is 6.07. The second kappa shape index (κ2) is 12.6. The van der Waals surface area contributed by atoms with Gasteiger partial charge in [-0.3, -0.25) is 14.2 Å². The molecule has 0 saturated carbocycles. The molecule has 9 nitrogen and oxygen atoms in total. The molecule has 1 aromatic heterocycles. The van der Waals surface area contributed by atoms with E-state index < -0.39 is 18.0 Å². The highest BCUT2D eigenvalue weighted by Gasteiger charge is 2.34. The zero-order valence-corrected chi connectivity index (χ0v) is 23.6. The van der Waals surface area contributed by atoms with Crippen LogP contribution in [0.5, 0.6) is 17.2 Å². The number of esters is 2. The Labute approximate surface area is 235 Å². The number of nitrogens with zero attached hydrogens (tertiary/aromatic N) is 2. The molecule has 3 aromatic rings. The van der Waals surface area contributed by atoms with Crippen LogP contribution in [0.3, 0.4) is 0 Å². The van der Waals surface area contributed by atoms with Crippen molar-refractivity contribution < 1.29 is 28.5 Å². The van der Waals surface area contributed by atoms with Gasteiger partial charge in [0.15, 0.2) is 16.3 Å². The van der Waals surface area contributed by atoms with Gasteiger partial charge in [0, 0.05) is 6.92 Å². The molecule has 1 aliphatic heterocycles. The number of fused-ring (bicyclic) bond motifs is 1. The van der Waals surface area contributed by atoms with E-state index in [1.54, 1.807) is 68.5 Å². The van der Waals surface area contributed by atoms with Gasteiger partial charge in [-0.05, 0) is 62.2 Å². The minimum absolute atomic E-state index is 0.175. The van der Waals surface area contributed by atoms with Crippen LogP contribution >= 0.6 is 11.3 Å². The Morgan fingerprint density at radius 1 is 1.07 bits per heavy atom. The van der Waals surface area contributed by atoms with Gasteiger partial charge in [0.05, 0.1) is 35.1 Å². The molecule has 1 atom stereocenters. The minimum atomic E-state index is -0.795. The van der Waals surface area contributed by atoms with Crippen molar-refractivity contribution in [2.75, 3.05) is 19.8 Å². The first kappa shape index (κ1) is 28.6. The Morgan fingerprint density at radius 3 is 2.48 bits per heavy atom. The average molecular weight is 563 g/mol. The molecule has 0 amide bonds. The smallest absolute Gasteiger partial charge is 0.338 e. The monoisotopic (exact) mass is 562 g/mol. The lowest BCUT2D eigenvalue weighted by atomic mass is 9.95. The lowest BCUT2D eigenvalue weighted by molar-refractivity contribution is -0.139. The van der Waals surface area contributed by atoms with E-state index in [1.165, 1.54) is 22.8 Å². The fourth-order valence-electron chi connectivity index (χ4n) is 4.29. The van der Waals surface area contributed by atoms with Gasteiger partial charge < -0.3 is 18.9 Å². The number of hydrogen-bond acceptors (Lipinski definition) is 9. The average Bonchev–Trinajstić information content (AvgIpc) is 3.22. The second-order valence-corrected chi connectivity index (χ2v) is 9.71. The minimum Gasteiger partial charge on any atom is -0.490 e. The standard InChI is InChI=1S/C30H30N2O7S/c1-6-15-38-23-14-11-21(17-24(23)36-7-2)27-26(29(35)37-8-3)18(4)31-30-32(27)28(34)25(40-30)16-20-9-12-22(13-10-20)39-19(5)33/h6,9-14,16-17,27H,1,7-8,15H2,2-5H3/b25-16-/t27-/m1/s1. The van der Waals surface area contributed by atoms with Crippen LogP contribution in [0, 0.1) is 0 Å². The zero-order chi connectivity index (χ0) is 28.8. The fraction of sp³-hybridized carbons (Fsp3) is 0.267. The number of ether oxygens (including phenoxy) is 4. The summed E-state index contributed by atoms with van der Waals surface area (Å²) in [5, 5.41) is 0. The molecule has 40 heavy (non-hydrogen) atoms. The number of hydrogen-bond donors (Lipinski definition) is 0. The number of carbonyl (C=O) groups excluding carboxylic acids is 2. The maximum atomic E-state index is 13.8. The molecule has 0 spiro atoms. The first-order chi connectivity index (χ1) is 19.3. The number of allylic oxidation sites excluding steroid dienone is 1. The van der Waals surface area contributed by atoms with Crippen molar-refractivity contribution in [1.82, 2.24) is 4.57 Å². The first-order valence-corrected chi connectivity index (χ1v) is 13.6. The van der Waals surface area contributed by atoms with E-state index in [0.717, 1.165) is 5.56 Å². The molecule has 10 heteroatoms. The van der Waals surface area contributed by atoms with Crippen molar-refractivity contribution >= 4 is 29.4 Å². The van der Waals surface area contributed by atoms with E-state index in [1.807, 2.05) is 6.92 Å². The summed E-state index contributed by atoms with van der Waals surface area (Å²) in [6.07, 6.45) is 3.37. The topological polar surface area (TPSA) is 105 Å². The van der Waals surface area contributed by atoms with Crippen molar-refractivity contribution in [3.63, 3.8) is 0 Å². The van der Waals surface area contributed by atoms with E-state index >= 15 is 0 Å². The summed E-state index contributed by atoms with van der Waals surface area (Å²) < 4.78 is 24.0. The van der Waals surface area contributed by atoms with Crippen LogP contribution in [0.4, 0.5) is 0 Å². The quantitative estimate of drug-likeness (QED) is 0.211. The van der Waals surface area contributed by atoms with E-state index in [-0.39, 0.29) is 17.7 Å². The molecule has 0 bridgehead atoms. The maximum Gasteiger partial charge on any atom is 0.338 e. The highest BCUT2D eigenvalue weighted by molar-refractivity contribution is 7.07. The molecule has 2 aromatic carbocycles. The van der Waals surface area contributed by atoms with Gasteiger partial charge in [-0.2, -0.15) is 0 Å². The highest BCUT2D eigenvalue weighted by Crippen LogP contribution is 2.36. The molecule has 208 valence electrons. The van der Waals surface area contributed by atoms with Crippen molar-refractivity contribution in [3.8, 4) is 17.2 Å². The molecule has 0 aliphatic carbocycles. The number of rotatable bonds is 10. The van der Waals surface area contributed by atoms with E-state index in [4.69, 9.17) is 18.9 Å². The SMILES string of the molecule is C=CCOc1ccc([C@@H]2C(C(=O)OCC)=C(C)N=c3s/c(=C\c4ccc(OC(C)=O)cc4)c(=O)n32)cc1OCC. The van der Waals surface area contributed by atoms with E-state index in [9.17, 15) is 14.4 Å². The Kier molecular flexibility index (Phi) is 9.00. The first-order valence-electron chi connectivity index (χ1n) is 12.8. The van der Waals surface area contributed by atoms with E-state index in [0.29, 0.717) is 51.1 Å². The Balaban J connectivity index is 1.88. The maximum absolute atomic E-state index is 13.8. The molecule has 0 radical (unpaired) electrons. The number of thiazole rings is 1. The van der Waals surface area contributed by atoms with Crippen LogP contribution < -0.4 is 29.1 Å². The van der Waals surface area contributed by atoms with Gasteiger partial charge >= 0.3 is 11.9 Å². The molecule has 0 unspecified atom stereocenters. The predicted octanol–water partition coefficient (Wildman–Crippen LogP) is 3.69. The van der Waals surface area contributed by atoms with Crippen molar-refractivity contribution in [3.05, 3.63) is 97.2 Å². The Hall–Kier alpha value is -4.44. The van der Waals surface area contributed by atoms with Gasteiger partial charge in [0.2, 0.25) is 0 Å². The molecule has 2 heterocycles. The molecular weight excluding hydrogens is 532 g/mol. The molecule has 0 fully saturated rings. The van der Waals surface area contributed by atoms with Crippen LogP contribution in [0.1, 0.15) is 44.9 Å². The summed E-state index contributed by atoms with van der Waals surface area (Å²) in [7, 11) is 0. The Bertz CT molecular complexity index is 1650. The molecular formula is C30H30N2O7S. The third-order valence-electron chi connectivity index (χ3n) is 5.90. The van der Waals surface area contributed by atoms with Crippen LogP contribution in [-0.2, 0) is 14.3 Å². The van der Waals surface area contributed by atoms with Gasteiger partial charge in [-0.15, -0.1) is 0 Å². The van der Waals surface area contributed by atoms with Crippen LogP contribution in [0.25, 0.3) is 6.08 Å². The fourth-order valence-corrected chi connectivity index (χ4v) is 5.33. The van der Waals surface area contributed by atoms with Gasteiger partial charge in [-0.1, -0.05) is 42.2 Å². The van der Waals surface area contributed by atoms with Crippen LogP contribution in [0.2, 0.25) is 0 Å².